The molecule has 3 nitrogen and oxygen atoms in total. The second kappa shape index (κ2) is 5.17. The van der Waals surface area contributed by atoms with Gasteiger partial charge in [0.15, 0.2) is 0 Å². The molecule has 0 spiro atoms. The van der Waals surface area contributed by atoms with Crippen LogP contribution in [0.25, 0.3) is 17.2 Å². The first-order chi connectivity index (χ1) is 11.1. The van der Waals surface area contributed by atoms with Crippen molar-refractivity contribution in [2.45, 2.75) is 6.42 Å². The molecule has 0 unspecified atom stereocenters. The lowest BCUT2D eigenvalue weighted by Crippen LogP contribution is -2.39. The van der Waals surface area contributed by atoms with Gasteiger partial charge in [-0.1, -0.05) is 54.6 Å². The summed E-state index contributed by atoms with van der Waals surface area (Å²) >= 11 is 0. The van der Waals surface area contributed by atoms with Crippen LogP contribution in [0.3, 0.4) is 0 Å². The average Bonchev–Trinajstić information content (AvgIpc) is 2.68. The molecule has 0 radical (unpaired) electrons. The van der Waals surface area contributed by atoms with Gasteiger partial charge in [0.05, 0.1) is 5.30 Å². The minimum Gasteiger partial charge on any atom is -0.321 e. The highest BCUT2D eigenvalue weighted by Gasteiger charge is 2.22. The van der Waals surface area contributed by atoms with E-state index in [4.69, 9.17) is 0 Å². The zero-order valence-electron chi connectivity index (χ0n) is 12.3. The number of allylic oxidation sites excluding steroid dienone is 4. The molecule has 0 amide bonds. The highest BCUT2D eigenvalue weighted by molar-refractivity contribution is 7.60. The molecule has 0 bridgehead atoms. The van der Waals surface area contributed by atoms with Gasteiger partial charge in [0.25, 0.3) is 0 Å². The van der Waals surface area contributed by atoms with E-state index in [9.17, 15) is 14.4 Å². The Morgan fingerprint density at radius 1 is 1.00 bits per heavy atom. The van der Waals surface area contributed by atoms with Crippen molar-refractivity contribution in [3.05, 3.63) is 82.3 Å². The standard InChI is InChI=1S/C19H15O3P/c20-23(21,22)19-11-5-10-17-16-9-4-3-8-15(16)14-7-2-1-6-13(14)12-18(17)19/h1-8,10-12H,9H2,(H2,20,21,22). The molecule has 0 heterocycles. The van der Waals surface area contributed by atoms with Crippen LogP contribution in [0.15, 0.2) is 60.7 Å². The van der Waals surface area contributed by atoms with Crippen LogP contribution in [0.5, 0.6) is 0 Å². The molecule has 2 aromatic carbocycles. The van der Waals surface area contributed by atoms with Gasteiger partial charge in [-0.2, -0.15) is 0 Å². The molecule has 0 fully saturated rings. The van der Waals surface area contributed by atoms with Crippen LogP contribution in [-0.4, -0.2) is 9.79 Å². The van der Waals surface area contributed by atoms with Gasteiger partial charge in [0.2, 0.25) is 0 Å². The molecule has 2 N–H and O–H groups in total. The minimum absolute atomic E-state index is 0.0908. The van der Waals surface area contributed by atoms with E-state index in [0.29, 0.717) is 5.22 Å². The molecular weight excluding hydrogens is 307 g/mol. The van der Waals surface area contributed by atoms with E-state index >= 15 is 0 Å². The second-order valence-electron chi connectivity index (χ2n) is 5.71. The lowest BCUT2D eigenvalue weighted by atomic mass is 9.89. The van der Waals surface area contributed by atoms with Crippen molar-refractivity contribution in [3.63, 3.8) is 0 Å². The minimum atomic E-state index is -4.34. The fourth-order valence-electron chi connectivity index (χ4n) is 3.31. The molecule has 0 atom stereocenters. The van der Waals surface area contributed by atoms with Crippen molar-refractivity contribution in [1.82, 2.24) is 0 Å². The molecule has 0 saturated heterocycles. The van der Waals surface area contributed by atoms with Gasteiger partial charge < -0.3 is 9.79 Å². The molecule has 2 aromatic rings. The van der Waals surface area contributed by atoms with Crippen molar-refractivity contribution in [3.8, 4) is 0 Å². The summed E-state index contributed by atoms with van der Waals surface area (Å²) in [5, 5.41) is 1.62. The van der Waals surface area contributed by atoms with Gasteiger partial charge in [0, 0.05) is 0 Å². The summed E-state index contributed by atoms with van der Waals surface area (Å²) in [6.45, 7) is 0. The Labute approximate surface area is 133 Å². The largest absolute Gasteiger partial charge is 0.356 e. The maximum absolute atomic E-state index is 11.9. The molecule has 0 aromatic heterocycles. The first kappa shape index (κ1) is 14.4. The van der Waals surface area contributed by atoms with E-state index in [1.807, 2.05) is 36.4 Å². The third kappa shape index (κ3) is 2.34. The molecule has 0 aliphatic heterocycles. The fourth-order valence-corrected chi connectivity index (χ4v) is 4.09. The number of benzene rings is 2. The van der Waals surface area contributed by atoms with Gasteiger partial charge >= 0.3 is 7.60 Å². The van der Waals surface area contributed by atoms with Crippen LogP contribution in [0.4, 0.5) is 0 Å². The van der Waals surface area contributed by atoms with Crippen molar-refractivity contribution < 1.29 is 14.4 Å². The van der Waals surface area contributed by atoms with Crippen molar-refractivity contribution in [2.24, 2.45) is 0 Å². The SMILES string of the molecule is O=P(O)(O)c1cccc2c1=Cc1ccccc1C1=CC=CCC=21. The Morgan fingerprint density at radius 3 is 2.65 bits per heavy atom. The normalized spacial score (nSPS) is 15.7. The van der Waals surface area contributed by atoms with E-state index in [-0.39, 0.29) is 5.30 Å². The van der Waals surface area contributed by atoms with Gasteiger partial charge in [-0.05, 0) is 51.3 Å². The van der Waals surface area contributed by atoms with Crippen LogP contribution in [0.2, 0.25) is 0 Å². The summed E-state index contributed by atoms with van der Waals surface area (Å²) in [5.41, 5.74) is 4.31. The first-order valence-corrected chi connectivity index (χ1v) is 9.03. The van der Waals surface area contributed by atoms with E-state index in [1.165, 1.54) is 6.07 Å². The predicted octanol–water partition coefficient (Wildman–Crippen LogP) is 1.83. The third-order valence-corrected chi connectivity index (χ3v) is 5.34. The van der Waals surface area contributed by atoms with E-state index < -0.39 is 7.60 Å². The topological polar surface area (TPSA) is 57.5 Å². The van der Waals surface area contributed by atoms with Crippen LogP contribution in [0, 0.1) is 0 Å². The van der Waals surface area contributed by atoms with E-state index in [0.717, 1.165) is 33.9 Å². The summed E-state index contributed by atoms with van der Waals surface area (Å²) in [5.74, 6) is 0. The smallest absolute Gasteiger partial charge is 0.321 e. The van der Waals surface area contributed by atoms with Crippen LogP contribution < -0.4 is 15.7 Å². The predicted molar refractivity (Wildman–Crippen MR) is 92.5 cm³/mol. The zero-order valence-corrected chi connectivity index (χ0v) is 13.2. The maximum atomic E-state index is 11.9. The lowest BCUT2D eigenvalue weighted by molar-refractivity contribution is 0.387. The van der Waals surface area contributed by atoms with Crippen molar-refractivity contribution in [2.75, 3.05) is 0 Å². The molecule has 0 saturated carbocycles. The third-order valence-electron chi connectivity index (χ3n) is 4.32. The molecule has 4 rings (SSSR count). The Morgan fingerprint density at radius 2 is 1.83 bits per heavy atom. The Bertz CT molecular complexity index is 1040. The van der Waals surface area contributed by atoms with Crippen molar-refractivity contribution >= 4 is 30.1 Å². The summed E-state index contributed by atoms with van der Waals surface area (Å²) in [4.78, 5) is 19.5. The number of rotatable bonds is 1. The molecular formula is C19H15O3P. The van der Waals surface area contributed by atoms with E-state index in [2.05, 4.69) is 18.2 Å². The first-order valence-electron chi connectivity index (χ1n) is 7.42. The molecule has 23 heavy (non-hydrogen) atoms. The summed E-state index contributed by atoms with van der Waals surface area (Å²) < 4.78 is 11.9. The lowest BCUT2D eigenvalue weighted by Gasteiger charge is -2.15. The average molecular weight is 322 g/mol. The van der Waals surface area contributed by atoms with Crippen LogP contribution in [-0.2, 0) is 4.57 Å². The Hall–Kier alpha value is -2.19. The number of fused-ring (bicyclic) bond motifs is 4. The van der Waals surface area contributed by atoms with Crippen molar-refractivity contribution in [1.29, 1.82) is 0 Å². The van der Waals surface area contributed by atoms with Gasteiger partial charge in [-0.3, -0.25) is 4.57 Å². The number of hydrogen-bond acceptors (Lipinski definition) is 1. The maximum Gasteiger partial charge on any atom is 0.356 e. The summed E-state index contributed by atoms with van der Waals surface area (Å²) in [6.07, 6.45) is 8.83. The molecule has 4 heteroatoms. The second-order valence-corrected chi connectivity index (χ2v) is 7.28. The molecule has 114 valence electrons. The Balaban J connectivity index is 2.24. The highest BCUT2D eigenvalue weighted by Crippen LogP contribution is 2.34. The zero-order chi connectivity index (χ0) is 16.0. The quantitative estimate of drug-likeness (QED) is 0.788. The molecule has 2 aliphatic rings. The Kier molecular flexibility index (Phi) is 3.24. The van der Waals surface area contributed by atoms with Gasteiger partial charge in [0.1, 0.15) is 0 Å². The highest BCUT2D eigenvalue weighted by atomic mass is 31.2. The summed E-state index contributed by atoms with van der Waals surface area (Å²) in [6, 6.07) is 13.2. The van der Waals surface area contributed by atoms with E-state index in [1.54, 1.807) is 6.07 Å². The monoisotopic (exact) mass is 322 g/mol. The fraction of sp³-hybridized carbons (Fsp3) is 0.0526. The molecule has 2 aliphatic carbocycles. The van der Waals surface area contributed by atoms with Crippen LogP contribution in [0.1, 0.15) is 17.5 Å². The van der Waals surface area contributed by atoms with Gasteiger partial charge in [-0.25, -0.2) is 0 Å². The number of hydrogen-bond donors (Lipinski definition) is 2. The summed E-state index contributed by atoms with van der Waals surface area (Å²) in [7, 11) is -4.34. The van der Waals surface area contributed by atoms with Crippen LogP contribution >= 0.6 is 7.60 Å². The van der Waals surface area contributed by atoms with Gasteiger partial charge in [-0.15, -0.1) is 0 Å².